The molecule has 0 saturated heterocycles. The number of carbonyl (C=O) groups is 1. The van der Waals surface area contributed by atoms with Gasteiger partial charge in [0.05, 0.1) is 5.56 Å². The smallest absolute Gasteiger partial charge is 0.258 e. The van der Waals surface area contributed by atoms with Gasteiger partial charge < -0.3 is 9.72 Å². The summed E-state index contributed by atoms with van der Waals surface area (Å²) >= 11 is 5.83. The molecule has 136 valence electrons. The van der Waals surface area contributed by atoms with Crippen LogP contribution in [-0.4, -0.2) is 20.3 Å². The van der Waals surface area contributed by atoms with Crippen LogP contribution in [0.2, 0.25) is 0 Å². The number of anilines is 1. The number of allylic oxidation sites excluding steroid dienone is 5. The molecule has 0 fully saturated rings. The van der Waals surface area contributed by atoms with Crippen LogP contribution in [0.1, 0.15) is 22.3 Å². The third kappa shape index (κ3) is 5.15. The Morgan fingerprint density at radius 1 is 1.26 bits per heavy atom. The van der Waals surface area contributed by atoms with E-state index in [-0.39, 0.29) is 5.91 Å². The molecule has 3 rings (SSSR count). The molecule has 0 atom stereocenters. The van der Waals surface area contributed by atoms with E-state index in [4.69, 9.17) is 11.6 Å². The van der Waals surface area contributed by atoms with Crippen LogP contribution >= 0.6 is 11.6 Å². The first-order valence-corrected chi connectivity index (χ1v) is 8.87. The minimum absolute atomic E-state index is 0.209. The molecule has 0 aromatic carbocycles. The summed E-state index contributed by atoms with van der Waals surface area (Å²) in [5.74, 6) is 0.311. The van der Waals surface area contributed by atoms with Gasteiger partial charge in [-0.3, -0.25) is 4.79 Å². The Kier molecular flexibility index (Phi) is 6.18. The molecule has 0 aliphatic heterocycles. The van der Waals surface area contributed by atoms with Crippen LogP contribution < -0.4 is 5.32 Å². The third-order valence-corrected chi connectivity index (χ3v) is 4.18. The van der Waals surface area contributed by atoms with Crippen molar-refractivity contribution < 1.29 is 4.79 Å². The Balaban J connectivity index is 1.55. The van der Waals surface area contributed by atoms with E-state index in [1.165, 1.54) is 0 Å². The van der Waals surface area contributed by atoms with Gasteiger partial charge in [0.15, 0.2) is 0 Å². The van der Waals surface area contributed by atoms with Crippen molar-refractivity contribution in [3.05, 3.63) is 96.1 Å². The molecule has 0 aliphatic rings. The number of nitrogens with one attached hydrogen (secondary N) is 1. The van der Waals surface area contributed by atoms with Gasteiger partial charge >= 0.3 is 0 Å². The fraction of sp³-hybridized carbons (Fsp3) is 0.0952. The molecule has 0 radical (unpaired) electrons. The lowest BCUT2D eigenvalue weighted by molar-refractivity contribution is 0.102. The van der Waals surface area contributed by atoms with Gasteiger partial charge in [0, 0.05) is 29.8 Å². The van der Waals surface area contributed by atoms with E-state index in [0.717, 1.165) is 24.1 Å². The van der Waals surface area contributed by atoms with Crippen molar-refractivity contribution in [1.82, 2.24) is 14.4 Å². The van der Waals surface area contributed by atoms with E-state index in [1.54, 1.807) is 59.5 Å². The van der Waals surface area contributed by atoms with Gasteiger partial charge in [-0.25, -0.2) is 9.97 Å². The number of fused-ring (bicyclic) bond motifs is 1. The summed E-state index contributed by atoms with van der Waals surface area (Å²) in [6.07, 6.45) is 16.1. The Labute approximate surface area is 162 Å². The Hall–Kier alpha value is -3.18. The van der Waals surface area contributed by atoms with Crippen LogP contribution in [0.4, 0.5) is 5.82 Å². The topological polar surface area (TPSA) is 59.3 Å². The van der Waals surface area contributed by atoms with Gasteiger partial charge in [0.2, 0.25) is 0 Å². The van der Waals surface area contributed by atoms with Crippen molar-refractivity contribution in [1.29, 1.82) is 0 Å². The minimum atomic E-state index is -0.209. The number of carbonyl (C=O) groups excluding carboxylic acids is 1. The lowest BCUT2D eigenvalue weighted by atomic mass is 10.1. The van der Waals surface area contributed by atoms with E-state index < -0.39 is 0 Å². The summed E-state index contributed by atoms with van der Waals surface area (Å²) in [4.78, 5) is 20.8. The highest BCUT2D eigenvalue weighted by Gasteiger charge is 2.08. The number of pyridine rings is 2. The van der Waals surface area contributed by atoms with E-state index in [9.17, 15) is 4.79 Å². The standard InChI is InChI=1S/C21H19ClN4O/c1-2-18(22)7-5-3-4-6-16-8-10-19(24-14-16)25-21(27)17-9-11-20-23-12-13-26(20)15-17/h2-3,5,7-15H,1,4,6H2,(H,24,25,27)/b5-3-,18-7+. The van der Waals surface area contributed by atoms with E-state index in [2.05, 4.69) is 21.9 Å². The number of rotatable bonds is 7. The van der Waals surface area contributed by atoms with Gasteiger partial charge in [-0.2, -0.15) is 0 Å². The summed E-state index contributed by atoms with van der Waals surface area (Å²) in [6, 6.07) is 7.31. The van der Waals surface area contributed by atoms with E-state index in [0.29, 0.717) is 16.4 Å². The summed E-state index contributed by atoms with van der Waals surface area (Å²) in [5, 5.41) is 3.42. The Morgan fingerprint density at radius 3 is 2.93 bits per heavy atom. The molecular formula is C21H19ClN4O. The molecule has 0 aliphatic carbocycles. The second kappa shape index (κ2) is 8.96. The molecule has 5 nitrogen and oxygen atoms in total. The zero-order valence-corrected chi connectivity index (χ0v) is 15.4. The highest BCUT2D eigenvalue weighted by molar-refractivity contribution is 6.31. The Morgan fingerprint density at radius 2 is 2.15 bits per heavy atom. The average molecular weight is 379 g/mol. The summed E-state index contributed by atoms with van der Waals surface area (Å²) in [6.45, 7) is 3.59. The molecule has 3 aromatic rings. The normalized spacial score (nSPS) is 11.8. The van der Waals surface area contributed by atoms with Crippen LogP contribution in [0, 0.1) is 0 Å². The Bertz CT molecular complexity index is 1000. The van der Waals surface area contributed by atoms with E-state index in [1.807, 2.05) is 18.2 Å². The first-order chi connectivity index (χ1) is 13.2. The maximum absolute atomic E-state index is 12.4. The van der Waals surface area contributed by atoms with Gasteiger partial charge in [-0.05, 0) is 42.7 Å². The molecule has 0 saturated carbocycles. The monoisotopic (exact) mass is 378 g/mol. The fourth-order valence-electron chi connectivity index (χ4n) is 2.46. The molecule has 3 heterocycles. The highest BCUT2D eigenvalue weighted by Crippen LogP contribution is 2.11. The van der Waals surface area contributed by atoms with Crippen LogP contribution in [0.5, 0.6) is 0 Å². The number of hydrogen-bond donors (Lipinski definition) is 1. The lowest BCUT2D eigenvalue weighted by Gasteiger charge is -2.06. The maximum Gasteiger partial charge on any atom is 0.258 e. The molecule has 0 bridgehead atoms. The van der Waals surface area contributed by atoms with Crippen molar-refractivity contribution in [2.45, 2.75) is 12.8 Å². The molecule has 27 heavy (non-hydrogen) atoms. The molecule has 3 aromatic heterocycles. The number of halogens is 1. The van der Waals surface area contributed by atoms with Crippen molar-refractivity contribution in [2.24, 2.45) is 0 Å². The molecule has 1 N–H and O–H groups in total. The van der Waals surface area contributed by atoms with Crippen molar-refractivity contribution in [3.63, 3.8) is 0 Å². The number of aromatic nitrogens is 3. The number of nitrogens with zero attached hydrogens (tertiary/aromatic N) is 3. The van der Waals surface area contributed by atoms with Gasteiger partial charge in [0.25, 0.3) is 5.91 Å². The van der Waals surface area contributed by atoms with Crippen LogP contribution in [-0.2, 0) is 6.42 Å². The SMILES string of the molecule is C=C/C(Cl)=C\C=C/CCc1ccc(NC(=O)c2ccc3nccn3c2)nc1. The largest absolute Gasteiger partial charge is 0.307 e. The molecular weight excluding hydrogens is 360 g/mol. The zero-order chi connectivity index (χ0) is 19.1. The first kappa shape index (κ1) is 18.6. The van der Waals surface area contributed by atoms with Crippen LogP contribution in [0.25, 0.3) is 5.65 Å². The number of amides is 1. The number of aryl methyl sites for hydroxylation is 1. The number of imidazole rings is 1. The lowest BCUT2D eigenvalue weighted by Crippen LogP contribution is -2.13. The number of hydrogen-bond acceptors (Lipinski definition) is 3. The van der Waals surface area contributed by atoms with Gasteiger partial charge in [-0.1, -0.05) is 42.5 Å². The quantitative estimate of drug-likeness (QED) is 0.602. The van der Waals surface area contributed by atoms with Crippen LogP contribution in [0.15, 0.2) is 85.0 Å². The van der Waals surface area contributed by atoms with Gasteiger partial charge in [0.1, 0.15) is 11.5 Å². The molecule has 0 spiro atoms. The van der Waals surface area contributed by atoms with Crippen molar-refractivity contribution in [2.75, 3.05) is 5.32 Å². The third-order valence-electron chi connectivity index (χ3n) is 3.90. The van der Waals surface area contributed by atoms with Crippen LogP contribution in [0.3, 0.4) is 0 Å². The summed E-state index contributed by atoms with van der Waals surface area (Å²) in [5.41, 5.74) is 2.43. The zero-order valence-electron chi connectivity index (χ0n) is 14.7. The minimum Gasteiger partial charge on any atom is -0.307 e. The molecule has 0 unspecified atom stereocenters. The second-order valence-electron chi connectivity index (χ2n) is 5.84. The first-order valence-electron chi connectivity index (χ1n) is 8.49. The second-order valence-corrected chi connectivity index (χ2v) is 6.28. The van der Waals surface area contributed by atoms with Gasteiger partial charge in [-0.15, -0.1) is 0 Å². The van der Waals surface area contributed by atoms with E-state index >= 15 is 0 Å². The predicted molar refractivity (Wildman–Crippen MR) is 109 cm³/mol. The highest BCUT2D eigenvalue weighted by atomic mass is 35.5. The van der Waals surface area contributed by atoms with Crippen molar-refractivity contribution >= 4 is 29.0 Å². The molecule has 6 heteroatoms. The predicted octanol–water partition coefficient (Wildman–Crippen LogP) is 4.78. The van der Waals surface area contributed by atoms with Crippen molar-refractivity contribution in [3.8, 4) is 0 Å². The maximum atomic E-state index is 12.4. The summed E-state index contributed by atoms with van der Waals surface area (Å²) < 4.78 is 1.80. The summed E-state index contributed by atoms with van der Waals surface area (Å²) in [7, 11) is 0. The fourth-order valence-corrected chi connectivity index (χ4v) is 2.54. The average Bonchev–Trinajstić information content (AvgIpc) is 3.16. The molecule has 1 amide bonds.